The van der Waals surface area contributed by atoms with E-state index in [1.54, 1.807) is 0 Å². The summed E-state index contributed by atoms with van der Waals surface area (Å²) < 4.78 is 5.37. The molecule has 0 nitrogen and oxygen atoms in total. The Hall–Kier alpha value is 0.349. The van der Waals surface area contributed by atoms with Crippen LogP contribution in [-0.2, 0) is 0 Å². The third-order valence-corrected chi connectivity index (χ3v) is 48.8. The number of hydrogen-bond donors (Lipinski definition) is 0. The van der Waals surface area contributed by atoms with Crippen LogP contribution in [0, 0.1) is 21.7 Å². The first kappa shape index (κ1) is 34.2. The molecule has 0 saturated carbocycles. The van der Waals surface area contributed by atoms with Crippen LogP contribution in [-0.4, -0.2) is 39.2 Å². The van der Waals surface area contributed by atoms with Crippen molar-refractivity contribution in [3.8, 4) is 0 Å². The summed E-state index contributed by atoms with van der Waals surface area (Å²) in [6.45, 7) is 31.1. The van der Waals surface area contributed by atoms with Crippen molar-refractivity contribution in [3.63, 3.8) is 0 Å². The third-order valence-electron chi connectivity index (χ3n) is 9.95. The molecule has 5 unspecified atom stereocenters. The van der Waals surface area contributed by atoms with Gasteiger partial charge in [-0.25, -0.2) is 0 Å². The first-order valence-corrected chi connectivity index (χ1v) is 27.9. The van der Waals surface area contributed by atoms with Gasteiger partial charge in [-0.1, -0.05) is 99.6 Å². The van der Waals surface area contributed by atoms with E-state index in [0.717, 1.165) is 4.64 Å². The molecule has 1 radical (unpaired) electrons. The maximum absolute atomic E-state index is 2.62. The Bertz CT molecular complexity index is 1450. The zero-order valence-electron chi connectivity index (χ0n) is 28.9. The molecule has 233 valence electrons. The van der Waals surface area contributed by atoms with Gasteiger partial charge in [-0.15, -0.1) is 0 Å². The van der Waals surface area contributed by atoms with E-state index in [9.17, 15) is 0 Å². The maximum atomic E-state index is 2.62. The summed E-state index contributed by atoms with van der Waals surface area (Å²) >= 11 is -1.98. The number of rotatable bonds is 3. The van der Waals surface area contributed by atoms with Crippen molar-refractivity contribution in [1.82, 2.24) is 0 Å². The molecule has 7 atom stereocenters. The average Bonchev–Trinajstić information content (AvgIpc) is 3.19. The SMILES string of the molecule is CC(C)(C)C1=PC2(C(C)(C)C)P3P4P[C@@]2(C(C)(C)C)P1[C@]43C(C)(C)C.c1cc[c]([Sn]([c]2ccccc2)[c]2ccccc2)cc1. The van der Waals surface area contributed by atoms with Crippen molar-refractivity contribution in [2.45, 2.75) is 97.5 Å². The summed E-state index contributed by atoms with van der Waals surface area (Å²) in [5, 5.41) is 2.01. The van der Waals surface area contributed by atoms with E-state index in [1.165, 1.54) is 19.0 Å². The van der Waals surface area contributed by atoms with Crippen LogP contribution in [0.15, 0.2) is 91.0 Å². The molecule has 3 aromatic rings. The molecule has 5 heterocycles. The molecule has 6 bridgehead atoms. The van der Waals surface area contributed by atoms with Gasteiger partial charge in [0.1, 0.15) is 0 Å². The second kappa shape index (κ2) is 11.2. The molecule has 4 saturated heterocycles. The van der Waals surface area contributed by atoms with Gasteiger partial charge in [-0.3, -0.25) is 0 Å². The van der Waals surface area contributed by atoms with Crippen molar-refractivity contribution >= 4 is 74.8 Å². The van der Waals surface area contributed by atoms with Crippen LogP contribution < -0.4 is 10.7 Å². The van der Waals surface area contributed by atoms with E-state index in [4.69, 9.17) is 0 Å². The Labute approximate surface area is 283 Å². The molecule has 0 amide bonds. The Morgan fingerprint density at radius 2 is 0.977 bits per heavy atom. The van der Waals surface area contributed by atoms with E-state index >= 15 is 0 Å². The summed E-state index contributed by atoms with van der Waals surface area (Å²) in [4.78, 5) is 1.25. The number of hydrogen-bond acceptors (Lipinski definition) is 0. The van der Waals surface area contributed by atoms with Gasteiger partial charge < -0.3 is 0 Å². The van der Waals surface area contributed by atoms with Gasteiger partial charge in [-0.05, 0) is 49.5 Å². The molecule has 5 aliphatic rings. The fourth-order valence-electron chi connectivity index (χ4n) is 8.20. The van der Waals surface area contributed by atoms with Gasteiger partial charge in [0.15, 0.2) is 0 Å². The fraction of sp³-hybridized carbons (Fsp3) is 0.500. The zero-order chi connectivity index (χ0) is 32.1. The molecule has 0 spiro atoms. The van der Waals surface area contributed by atoms with Crippen molar-refractivity contribution in [2.75, 3.05) is 0 Å². The molecule has 6 heteroatoms. The molecule has 0 aliphatic carbocycles. The van der Waals surface area contributed by atoms with E-state index in [2.05, 4.69) is 174 Å². The average molecular weight is 782 g/mol. The van der Waals surface area contributed by atoms with Crippen molar-refractivity contribution in [3.05, 3.63) is 91.0 Å². The second-order valence-corrected chi connectivity index (χ2v) is 39.8. The summed E-state index contributed by atoms with van der Waals surface area (Å²) in [6.07, 6.45) is 0. The number of benzene rings is 3. The summed E-state index contributed by atoms with van der Waals surface area (Å²) in [5.74, 6) is 0. The molecule has 5 aliphatic heterocycles. The standard InChI is InChI=1S/C20H37P5.3C6H5.Sn/c1-14(2,3)13-21-18(15(4,5)6)19(16(7,8)9)22-25-20(23(13)19,24(18)25)17(10,11)12;3*1-2-4-6-5-3-1;/h22H,1-12H3;3*1-5H;/t18?,19-,20-,23?,24?,25?;;;;/m0..../s1. The van der Waals surface area contributed by atoms with Crippen LogP contribution in [0.25, 0.3) is 0 Å². The quantitative estimate of drug-likeness (QED) is 0.183. The summed E-state index contributed by atoms with van der Waals surface area (Å²) in [5.41, 5.74) is 1.78. The third kappa shape index (κ3) is 4.68. The molecular formula is C38H52P5Sn. The minimum absolute atomic E-state index is 0.0222. The van der Waals surface area contributed by atoms with Crippen LogP contribution in [0.2, 0.25) is 0 Å². The predicted octanol–water partition coefficient (Wildman–Crippen LogP) is 11.5. The van der Waals surface area contributed by atoms with E-state index in [0.29, 0.717) is 38.8 Å². The van der Waals surface area contributed by atoms with Crippen molar-refractivity contribution in [2.24, 2.45) is 21.7 Å². The first-order chi connectivity index (χ1) is 20.4. The van der Waals surface area contributed by atoms with Crippen LogP contribution in [0.5, 0.6) is 0 Å². The van der Waals surface area contributed by atoms with Gasteiger partial charge in [0.2, 0.25) is 0 Å². The normalized spacial score (nSPS) is 32.8. The Morgan fingerprint density at radius 3 is 1.27 bits per heavy atom. The van der Waals surface area contributed by atoms with E-state index < -0.39 is 19.8 Å². The first-order valence-electron chi connectivity index (χ1n) is 16.2. The molecular weight excluding hydrogens is 730 g/mol. The summed E-state index contributed by atoms with van der Waals surface area (Å²) in [7, 11) is 3.69. The Kier molecular flexibility index (Phi) is 8.70. The summed E-state index contributed by atoms with van der Waals surface area (Å²) in [6, 6.07) is 32.9. The molecule has 3 aromatic carbocycles. The Balaban J connectivity index is 0.000000162. The topological polar surface area (TPSA) is 0 Å². The monoisotopic (exact) mass is 783 g/mol. The molecule has 0 N–H and O–H groups in total. The molecule has 4 fully saturated rings. The van der Waals surface area contributed by atoms with E-state index in [-0.39, 0.29) is 15.5 Å². The fourth-order valence-corrected chi connectivity index (χ4v) is 65.2. The van der Waals surface area contributed by atoms with Gasteiger partial charge in [-0.2, -0.15) is 0 Å². The van der Waals surface area contributed by atoms with Gasteiger partial charge >= 0.3 is 121 Å². The molecule has 8 rings (SSSR count). The van der Waals surface area contributed by atoms with Gasteiger partial charge in [0, 0.05) is 4.90 Å². The Morgan fingerprint density at radius 1 is 0.568 bits per heavy atom. The van der Waals surface area contributed by atoms with Crippen molar-refractivity contribution in [1.29, 1.82) is 0 Å². The van der Waals surface area contributed by atoms with Crippen LogP contribution in [0.1, 0.15) is 83.1 Å². The second-order valence-electron chi connectivity index (χ2n) is 17.0. The predicted molar refractivity (Wildman–Crippen MR) is 211 cm³/mol. The van der Waals surface area contributed by atoms with Crippen molar-refractivity contribution < 1.29 is 0 Å². The van der Waals surface area contributed by atoms with Crippen LogP contribution in [0.4, 0.5) is 0 Å². The van der Waals surface area contributed by atoms with Gasteiger partial charge in [0.25, 0.3) is 0 Å². The molecule has 44 heavy (non-hydrogen) atoms. The minimum atomic E-state index is -1.98. The van der Waals surface area contributed by atoms with E-state index in [1.807, 2.05) is 13.2 Å². The van der Waals surface area contributed by atoms with Gasteiger partial charge in [0.05, 0.1) is 9.54 Å². The zero-order valence-corrected chi connectivity index (χ0v) is 36.4. The van der Waals surface area contributed by atoms with Crippen LogP contribution in [0.3, 0.4) is 0 Å². The molecule has 0 aromatic heterocycles. The van der Waals surface area contributed by atoms with Crippen LogP contribution >= 0.6 is 39.3 Å².